The standard InChI is InChI=1S/C18H29NO/c1-3-5-13-20-17-11-9-16(10-12-17)18(19-4-2)14-15-7-6-8-15/h9-12,15,18-19H,3-8,13-14H2,1-2H3. The van der Waals surface area contributed by atoms with Crippen molar-refractivity contribution in [3.8, 4) is 5.75 Å². The molecule has 0 amide bonds. The van der Waals surface area contributed by atoms with Crippen LogP contribution >= 0.6 is 0 Å². The molecule has 1 unspecified atom stereocenters. The number of rotatable bonds is 9. The molecule has 0 aliphatic heterocycles. The Morgan fingerprint density at radius 1 is 1.20 bits per heavy atom. The van der Waals surface area contributed by atoms with Crippen LogP contribution in [0.25, 0.3) is 0 Å². The molecule has 1 aliphatic carbocycles. The van der Waals surface area contributed by atoms with Gasteiger partial charge in [0.2, 0.25) is 0 Å². The predicted molar refractivity (Wildman–Crippen MR) is 85.2 cm³/mol. The third-order valence-corrected chi connectivity index (χ3v) is 4.29. The van der Waals surface area contributed by atoms with Gasteiger partial charge in [-0.2, -0.15) is 0 Å². The molecular weight excluding hydrogens is 246 g/mol. The van der Waals surface area contributed by atoms with Crippen LogP contribution in [0, 0.1) is 5.92 Å². The van der Waals surface area contributed by atoms with Gasteiger partial charge in [-0.3, -0.25) is 0 Å². The first-order chi connectivity index (χ1) is 9.83. The summed E-state index contributed by atoms with van der Waals surface area (Å²) in [7, 11) is 0. The average molecular weight is 275 g/mol. The van der Waals surface area contributed by atoms with Gasteiger partial charge < -0.3 is 10.1 Å². The Kier molecular flexibility index (Phi) is 6.38. The lowest BCUT2D eigenvalue weighted by Crippen LogP contribution is -2.25. The lowest BCUT2D eigenvalue weighted by Gasteiger charge is -2.30. The molecule has 0 radical (unpaired) electrons. The van der Waals surface area contributed by atoms with Crippen molar-refractivity contribution in [3.05, 3.63) is 29.8 Å². The molecule has 1 saturated carbocycles. The largest absolute Gasteiger partial charge is 0.494 e. The summed E-state index contributed by atoms with van der Waals surface area (Å²) in [6.07, 6.45) is 7.85. The first kappa shape index (κ1) is 15.4. The van der Waals surface area contributed by atoms with Gasteiger partial charge in [0.15, 0.2) is 0 Å². The van der Waals surface area contributed by atoms with Crippen molar-refractivity contribution in [2.75, 3.05) is 13.2 Å². The van der Waals surface area contributed by atoms with Crippen LogP contribution in [0.1, 0.15) is 64.0 Å². The summed E-state index contributed by atoms with van der Waals surface area (Å²) < 4.78 is 5.73. The molecule has 0 saturated heterocycles. The van der Waals surface area contributed by atoms with E-state index in [4.69, 9.17) is 4.74 Å². The number of hydrogen-bond donors (Lipinski definition) is 1. The van der Waals surface area contributed by atoms with Crippen molar-refractivity contribution >= 4 is 0 Å². The lowest BCUT2D eigenvalue weighted by molar-refractivity contribution is 0.262. The van der Waals surface area contributed by atoms with Crippen molar-refractivity contribution < 1.29 is 4.74 Å². The lowest BCUT2D eigenvalue weighted by atomic mass is 9.79. The minimum atomic E-state index is 0.509. The highest BCUT2D eigenvalue weighted by molar-refractivity contribution is 5.29. The van der Waals surface area contributed by atoms with Crippen molar-refractivity contribution in [1.82, 2.24) is 5.32 Å². The van der Waals surface area contributed by atoms with Crippen molar-refractivity contribution in [2.45, 2.75) is 58.4 Å². The van der Waals surface area contributed by atoms with Crippen molar-refractivity contribution in [2.24, 2.45) is 5.92 Å². The van der Waals surface area contributed by atoms with Gasteiger partial charge in [-0.1, -0.05) is 51.7 Å². The number of benzene rings is 1. The third kappa shape index (κ3) is 4.52. The van der Waals surface area contributed by atoms with E-state index in [9.17, 15) is 0 Å². The van der Waals surface area contributed by atoms with E-state index < -0.39 is 0 Å². The Balaban J connectivity index is 1.90. The summed E-state index contributed by atoms with van der Waals surface area (Å²) in [5, 5.41) is 3.63. The van der Waals surface area contributed by atoms with Crippen LogP contribution in [0.2, 0.25) is 0 Å². The van der Waals surface area contributed by atoms with E-state index in [2.05, 4.69) is 43.4 Å². The molecule has 1 aliphatic rings. The Morgan fingerprint density at radius 2 is 1.95 bits per heavy atom. The van der Waals surface area contributed by atoms with Gasteiger partial charge in [-0.05, 0) is 43.0 Å². The fraction of sp³-hybridized carbons (Fsp3) is 0.667. The molecule has 1 aromatic rings. The van der Waals surface area contributed by atoms with Gasteiger partial charge in [0.25, 0.3) is 0 Å². The molecular formula is C18H29NO. The molecule has 0 heterocycles. The van der Waals surface area contributed by atoms with E-state index in [1.54, 1.807) is 0 Å². The highest BCUT2D eigenvalue weighted by atomic mass is 16.5. The molecule has 1 aromatic carbocycles. The highest BCUT2D eigenvalue weighted by Gasteiger charge is 2.22. The first-order valence-corrected chi connectivity index (χ1v) is 8.29. The SMILES string of the molecule is CCCCOc1ccc(C(CC2CCC2)NCC)cc1. The van der Waals surface area contributed by atoms with Crippen LogP contribution in [-0.4, -0.2) is 13.2 Å². The maximum atomic E-state index is 5.73. The zero-order valence-electron chi connectivity index (χ0n) is 13.0. The predicted octanol–water partition coefficient (Wildman–Crippen LogP) is 4.71. The van der Waals surface area contributed by atoms with Crippen LogP contribution in [0.5, 0.6) is 5.75 Å². The number of hydrogen-bond acceptors (Lipinski definition) is 2. The van der Waals surface area contributed by atoms with Crippen LogP contribution < -0.4 is 10.1 Å². The molecule has 112 valence electrons. The Hall–Kier alpha value is -1.02. The molecule has 0 spiro atoms. The molecule has 2 heteroatoms. The topological polar surface area (TPSA) is 21.3 Å². The van der Waals surface area contributed by atoms with E-state index in [-0.39, 0.29) is 0 Å². The van der Waals surface area contributed by atoms with Gasteiger partial charge >= 0.3 is 0 Å². The first-order valence-electron chi connectivity index (χ1n) is 8.29. The van der Waals surface area contributed by atoms with Gasteiger partial charge in [0, 0.05) is 6.04 Å². The minimum absolute atomic E-state index is 0.509. The van der Waals surface area contributed by atoms with Crippen LogP contribution in [0.3, 0.4) is 0 Å². The third-order valence-electron chi connectivity index (χ3n) is 4.29. The van der Waals surface area contributed by atoms with Gasteiger partial charge in [-0.25, -0.2) is 0 Å². The van der Waals surface area contributed by atoms with E-state index in [1.165, 1.54) is 37.7 Å². The van der Waals surface area contributed by atoms with Crippen LogP contribution in [0.15, 0.2) is 24.3 Å². The zero-order valence-corrected chi connectivity index (χ0v) is 13.0. The normalized spacial score (nSPS) is 16.7. The fourth-order valence-electron chi connectivity index (χ4n) is 2.78. The van der Waals surface area contributed by atoms with E-state index >= 15 is 0 Å². The maximum Gasteiger partial charge on any atom is 0.119 e. The second-order valence-electron chi connectivity index (χ2n) is 5.91. The highest BCUT2D eigenvalue weighted by Crippen LogP contribution is 2.35. The average Bonchev–Trinajstić information content (AvgIpc) is 2.43. The molecule has 1 fully saturated rings. The Morgan fingerprint density at radius 3 is 2.50 bits per heavy atom. The quantitative estimate of drug-likeness (QED) is 0.659. The molecule has 0 aromatic heterocycles. The van der Waals surface area contributed by atoms with Crippen LogP contribution in [-0.2, 0) is 0 Å². The molecule has 0 bridgehead atoms. The van der Waals surface area contributed by atoms with Crippen molar-refractivity contribution in [1.29, 1.82) is 0 Å². The second kappa shape index (κ2) is 8.31. The smallest absolute Gasteiger partial charge is 0.119 e. The summed E-state index contributed by atoms with van der Waals surface area (Å²) in [5.74, 6) is 1.93. The summed E-state index contributed by atoms with van der Waals surface area (Å²) in [5.41, 5.74) is 1.40. The Bertz CT molecular complexity index is 370. The van der Waals surface area contributed by atoms with E-state index in [0.29, 0.717) is 6.04 Å². The number of ether oxygens (including phenoxy) is 1. The fourth-order valence-corrected chi connectivity index (χ4v) is 2.78. The molecule has 20 heavy (non-hydrogen) atoms. The van der Waals surface area contributed by atoms with Crippen LogP contribution in [0.4, 0.5) is 0 Å². The number of unbranched alkanes of at least 4 members (excludes halogenated alkanes) is 1. The Labute approximate surface area is 123 Å². The van der Waals surface area contributed by atoms with Gasteiger partial charge in [-0.15, -0.1) is 0 Å². The molecule has 1 N–H and O–H groups in total. The van der Waals surface area contributed by atoms with Gasteiger partial charge in [0.1, 0.15) is 5.75 Å². The summed E-state index contributed by atoms with van der Waals surface area (Å²) >= 11 is 0. The van der Waals surface area contributed by atoms with Crippen molar-refractivity contribution in [3.63, 3.8) is 0 Å². The number of nitrogens with one attached hydrogen (secondary N) is 1. The summed E-state index contributed by atoms with van der Waals surface area (Å²) in [6.45, 7) is 6.24. The monoisotopic (exact) mass is 275 g/mol. The second-order valence-corrected chi connectivity index (χ2v) is 5.91. The molecule has 2 nitrogen and oxygen atoms in total. The van der Waals surface area contributed by atoms with E-state index in [0.717, 1.165) is 31.2 Å². The zero-order chi connectivity index (χ0) is 14.2. The summed E-state index contributed by atoms with van der Waals surface area (Å²) in [4.78, 5) is 0. The molecule has 1 atom stereocenters. The van der Waals surface area contributed by atoms with E-state index in [1.807, 2.05) is 0 Å². The summed E-state index contributed by atoms with van der Waals surface area (Å²) in [6, 6.07) is 9.21. The minimum Gasteiger partial charge on any atom is -0.494 e. The maximum absolute atomic E-state index is 5.73. The molecule has 2 rings (SSSR count). The van der Waals surface area contributed by atoms with Gasteiger partial charge in [0.05, 0.1) is 6.61 Å².